The Hall–Kier alpha value is -2.49. The lowest BCUT2D eigenvalue weighted by molar-refractivity contribution is -0.138. The Balaban J connectivity index is 2.26. The summed E-state index contributed by atoms with van der Waals surface area (Å²) in [6, 6.07) is 12.1. The number of benzene rings is 2. The van der Waals surface area contributed by atoms with Gasteiger partial charge in [-0.05, 0) is 54.8 Å². The fourth-order valence-corrected chi connectivity index (χ4v) is 2.09. The molecule has 0 fully saturated rings. The number of hydrogen-bond donors (Lipinski definition) is 2. The van der Waals surface area contributed by atoms with Crippen molar-refractivity contribution in [2.75, 3.05) is 12.4 Å². The van der Waals surface area contributed by atoms with Crippen LogP contribution in [0.4, 0.5) is 5.69 Å². The lowest BCUT2D eigenvalue weighted by Gasteiger charge is -2.17. The fraction of sp³-hybridized carbons (Fsp3) is 0.235. The van der Waals surface area contributed by atoms with E-state index in [4.69, 9.17) is 4.74 Å². The lowest BCUT2D eigenvalue weighted by atomic mass is 10.0. The molecule has 1 unspecified atom stereocenters. The zero-order chi connectivity index (χ0) is 15.4. The number of carbonyl (C=O) groups is 1. The van der Waals surface area contributed by atoms with Crippen molar-refractivity contribution in [3.05, 3.63) is 59.2 Å². The van der Waals surface area contributed by atoms with Gasteiger partial charge in [0.1, 0.15) is 5.75 Å². The Bertz CT molecular complexity index is 635. The molecule has 0 bridgehead atoms. The van der Waals surface area contributed by atoms with Gasteiger partial charge in [0.25, 0.3) is 0 Å². The first-order valence-corrected chi connectivity index (χ1v) is 6.72. The molecule has 2 N–H and O–H groups in total. The highest BCUT2D eigenvalue weighted by Crippen LogP contribution is 2.23. The van der Waals surface area contributed by atoms with Gasteiger partial charge in [-0.3, -0.25) is 0 Å². The number of carboxylic acids is 1. The van der Waals surface area contributed by atoms with Gasteiger partial charge in [0.05, 0.1) is 7.11 Å². The van der Waals surface area contributed by atoms with E-state index in [2.05, 4.69) is 5.32 Å². The summed E-state index contributed by atoms with van der Waals surface area (Å²) in [5.41, 5.74) is 3.70. The van der Waals surface area contributed by atoms with Crippen molar-refractivity contribution in [3.63, 3.8) is 0 Å². The van der Waals surface area contributed by atoms with Gasteiger partial charge in [-0.2, -0.15) is 0 Å². The Morgan fingerprint density at radius 2 is 1.76 bits per heavy atom. The third-order valence-corrected chi connectivity index (χ3v) is 3.51. The first-order chi connectivity index (χ1) is 10.0. The number of carboxylic acid groups (broad SMARTS) is 1. The molecule has 2 rings (SSSR count). The molecule has 0 amide bonds. The number of anilines is 1. The molecule has 0 aliphatic heterocycles. The van der Waals surface area contributed by atoms with E-state index in [1.807, 2.05) is 32.0 Å². The van der Waals surface area contributed by atoms with Gasteiger partial charge >= 0.3 is 5.97 Å². The fourth-order valence-electron chi connectivity index (χ4n) is 2.09. The first kappa shape index (κ1) is 14.9. The van der Waals surface area contributed by atoms with Gasteiger partial charge in [-0.1, -0.05) is 18.2 Å². The van der Waals surface area contributed by atoms with Crippen molar-refractivity contribution in [1.82, 2.24) is 0 Å². The molecule has 110 valence electrons. The van der Waals surface area contributed by atoms with E-state index in [0.717, 1.165) is 28.1 Å². The summed E-state index contributed by atoms with van der Waals surface area (Å²) in [6.45, 7) is 3.98. The summed E-state index contributed by atoms with van der Waals surface area (Å²) in [7, 11) is 1.59. The number of rotatable bonds is 5. The minimum atomic E-state index is -0.908. The minimum Gasteiger partial charge on any atom is -0.497 e. The molecule has 0 saturated heterocycles. The van der Waals surface area contributed by atoms with Crippen molar-refractivity contribution in [2.24, 2.45) is 0 Å². The molecule has 0 aromatic heterocycles. The number of ether oxygens (including phenoxy) is 1. The molecule has 21 heavy (non-hydrogen) atoms. The van der Waals surface area contributed by atoms with Crippen LogP contribution < -0.4 is 10.1 Å². The van der Waals surface area contributed by atoms with E-state index in [1.165, 1.54) is 0 Å². The monoisotopic (exact) mass is 285 g/mol. The maximum Gasteiger partial charge on any atom is 0.330 e. The standard InChI is InChI=1S/C17H19NO3/c1-11-4-5-13(10-12(11)2)16(17(19)20)18-14-6-8-15(21-3)9-7-14/h4-10,16,18H,1-3H3,(H,19,20). The zero-order valence-electron chi connectivity index (χ0n) is 12.4. The van der Waals surface area contributed by atoms with Crippen LogP contribution in [0.2, 0.25) is 0 Å². The second kappa shape index (κ2) is 6.31. The zero-order valence-corrected chi connectivity index (χ0v) is 12.4. The van der Waals surface area contributed by atoms with Crippen LogP contribution in [-0.4, -0.2) is 18.2 Å². The summed E-state index contributed by atoms with van der Waals surface area (Å²) in [5.74, 6) is -0.173. The predicted octanol–water partition coefficient (Wildman–Crippen LogP) is 3.55. The lowest BCUT2D eigenvalue weighted by Crippen LogP contribution is -2.20. The Kier molecular flexibility index (Phi) is 4.48. The Morgan fingerprint density at radius 1 is 1.10 bits per heavy atom. The molecule has 2 aromatic rings. The number of aliphatic carboxylic acids is 1. The van der Waals surface area contributed by atoms with Crippen LogP contribution in [0.25, 0.3) is 0 Å². The number of aryl methyl sites for hydroxylation is 2. The third kappa shape index (κ3) is 3.54. The van der Waals surface area contributed by atoms with Gasteiger partial charge in [0.2, 0.25) is 0 Å². The van der Waals surface area contributed by atoms with Crippen LogP contribution in [0.15, 0.2) is 42.5 Å². The highest BCUT2D eigenvalue weighted by Gasteiger charge is 2.20. The maximum absolute atomic E-state index is 11.5. The van der Waals surface area contributed by atoms with Crippen LogP contribution in [-0.2, 0) is 4.79 Å². The van der Waals surface area contributed by atoms with Crippen molar-refractivity contribution in [1.29, 1.82) is 0 Å². The Morgan fingerprint density at radius 3 is 2.29 bits per heavy atom. The van der Waals surface area contributed by atoms with E-state index >= 15 is 0 Å². The van der Waals surface area contributed by atoms with Crippen molar-refractivity contribution < 1.29 is 14.6 Å². The topological polar surface area (TPSA) is 58.6 Å². The summed E-state index contributed by atoms with van der Waals surface area (Å²) in [5, 5.41) is 12.5. The summed E-state index contributed by atoms with van der Waals surface area (Å²) < 4.78 is 5.09. The van der Waals surface area contributed by atoms with Crippen LogP contribution in [0, 0.1) is 13.8 Å². The Labute approximate surface area is 124 Å². The van der Waals surface area contributed by atoms with Crippen molar-refractivity contribution in [2.45, 2.75) is 19.9 Å². The van der Waals surface area contributed by atoms with Gasteiger partial charge in [0, 0.05) is 5.69 Å². The molecule has 0 heterocycles. The quantitative estimate of drug-likeness (QED) is 0.882. The second-order valence-corrected chi connectivity index (χ2v) is 4.99. The van der Waals surface area contributed by atoms with Gasteiger partial charge in [-0.15, -0.1) is 0 Å². The molecule has 0 spiro atoms. The summed E-state index contributed by atoms with van der Waals surface area (Å²) >= 11 is 0. The van der Waals surface area contributed by atoms with E-state index in [-0.39, 0.29) is 0 Å². The highest BCUT2D eigenvalue weighted by molar-refractivity contribution is 5.79. The van der Waals surface area contributed by atoms with E-state index in [1.54, 1.807) is 31.4 Å². The molecule has 0 radical (unpaired) electrons. The van der Waals surface area contributed by atoms with Crippen molar-refractivity contribution >= 4 is 11.7 Å². The van der Waals surface area contributed by atoms with E-state index < -0.39 is 12.0 Å². The normalized spacial score (nSPS) is 11.8. The predicted molar refractivity (Wildman–Crippen MR) is 82.9 cm³/mol. The molecule has 0 aliphatic carbocycles. The first-order valence-electron chi connectivity index (χ1n) is 6.72. The van der Waals surface area contributed by atoms with Crippen LogP contribution in [0.1, 0.15) is 22.7 Å². The molecular formula is C17H19NO3. The molecular weight excluding hydrogens is 266 g/mol. The third-order valence-electron chi connectivity index (χ3n) is 3.51. The van der Waals surface area contributed by atoms with E-state index in [0.29, 0.717) is 0 Å². The molecule has 1 atom stereocenters. The van der Waals surface area contributed by atoms with Crippen LogP contribution >= 0.6 is 0 Å². The summed E-state index contributed by atoms with van der Waals surface area (Å²) in [6.07, 6.45) is 0. The maximum atomic E-state index is 11.5. The highest BCUT2D eigenvalue weighted by atomic mass is 16.5. The summed E-state index contributed by atoms with van der Waals surface area (Å²) in [4.78, 5) is 11.5. The van der Waals surface area contributed by atoms with Crippen LogP contribution in [0.5, 0.6) is 5.75 Å². The number of nitrogens with one attached hydrogen (secondary N) is 1. The molecule has 0 saturated carbocycles. The van der Waals surface area contributed by atoms with Gasteiger partial charge in [0.15, 0.2) is 6.04 Å². The van der Waals surface area contributed by atoms with Gasteiger partial charge in [-0.25, -0.2) is 4.79 Å². The largest absolute Gasteiger partial charge is 0.497 e. The molecule has 4 heteroatoms. The molecule has 2 aromatic carbocycles. The van der Waals surface area contributed by atoms with Crippen molar-refractivity contribution in [3.8, 4) is 5.75 Å². The average Bonchev–Trinajstić information content (AvgIpc) is 2.48. The molecule has 4 nitrogen and oxygen atoms in total. The minimum absolute atomic E-state index is 0.735. The van der Waals surface area contributed by atoms with Crippen LogP contribution in [0.3, 0.4) is 0 Å². The number of methoxy groups -OCH3 is 1. The average molecular weight is 285 g/mol. The second-order valence-electron chi connectivity index (χ2n) is 4.99. The van der Waals surface area contributed by atoms with E-state index in [9.17, 15) is 9.90 Å². The SMILES string of the molecule is COc1ccc(NC(C(=O)O)c2ccc(C)c(C)c2)cc1. The number of hydrogen-bond acceptors (Lipinski definition) is 3. The molecule has 0 aliphatic rings. The smallest absolute Gasteiger partial charge is 0.330 e. The van der Waals surface area contributed by atoms with Gasteiger partial charge < -0.3 is 15.2 Å².